The van der Waals surface area contributed by atoms with Gasteiger partial charge in [0.25, 0.3) is 5.91 Å². The molecule has 0 spiro atoms. The van der Waals surface area contributed by atoms with Gasteiger partial charge in [-0.25, -0.2) is 19.9 Å². The van der Waals surface area contributed by atoms with Crippen molar-refractivity contribution in [3.05, 3.63) is 60.7 Å². The molecule has 1 aromatic carbocycles. The van der Waals surface area contributed by atoms with E-state index in [9.17, 15) is 4.79 Å². The van der Waals surface area contributed by atoms with Gasteiger partial charge < -0.3 is 14.7 Å². The summed E-state index contributed by atoms with van der Waals surface area (Å²) in [6, 6.07) is 9.46. The molecular weight excluding hydrogens is 466 g/mol. The number of rotatable bonds is 5. The molecule has 4 aromatic rings. The maximum atomic E-state index is 13.0. The molecule has 0 bridgehead atoms. The van der Waals surface area contributed by atoms with Crippen LogP contribution in [0.2, 0.25) is 0 Å². The molecule has 0 aliphatic carbocycles. The number of anilines is 3. The van der Waals surface area contributed by atoms with E-state index in [0.29, 0.717) is 5.56 Å². The third kappa shape index (κ3) is 5.05. The molecule has 5 heterocycles. The van der Waals surface area contributed by atoms with Crippen LogP contribution in [-0.4, -0.2) is 82.0 Å². The van der Waals surface area contributed by atoms with E-state index in [4.69, 9.17) is 4.98 Å². The second-order valence-electron chi connectivity index (χ2n) is 9.57. The average Bonchev–Trinajstić information content (AvgIpc) is 3.49. The van der Waals surface area contributed by atoms with Gasteiger partial charge in [0.1, 0.15) is 11.6 Å². The summed E-state index contributed by atoms with van der Waals surface area (Å²) in [7, 11) is 2.11. The molecule has 188 valence electrons. The van der Waals surface area contributed by atoms with Gasteiger partial charge in [0.2, 0.25) is 5.95 Å². The quantitative estimate of drug-likeness (QED) is 0.447. The number of likely N-dealkylation sites (N-methyl/N-ethyl adjacent to an activating group) is 1. The Morgan fingerprint density at radius 2 is 1.65 bits per heavy atom. The van der Waals surface area contributed by atoms with Crippen LogP contribution in [0.4, 0.5) is 17.6 Å². The van der Waals surface area contributed by atoms with Crippen LogP contribution in [0, 0.1) is 0 Å². The Kier molecular flexibility index (Phi) is 6.32. The monoisotopic (exact) mass is 495 g/mol. The zero-order chi connectivity index (χ0) is 25.2. The highest BCUT2D eigenvalue weighted by Crippen LogP contribution is 2.25. The molecule has 2 saturated heterocycles. The lowest BCUT2D eigenvalue weighted by atomic mass is 10.1. The minimum atomic E-state index is -0.266. The first-order valence-corrected chi connectivity index (χ1v) is 12.7. The van der Waals surface area contributed by atoms with E-state index in [1.807, 2.05) is 30.5 Å². The van der Waals surface area contributed by atoms with E-state index in [0.717, 1.165) is 73.1 Å². The van der Waals surface area contributed by atoms with Crippen LogP contribution >= 0.6 is 0 Å². The minimum Gasteiger partial charge on any atom is -0.355 e. The normalized spacial score (nSPS) is 16.4. The maximum Gasteiger partial charge on any atom is 0.258 e. The van der Waals surface area contributed by atoms with Crippen molar-refractivity contribution in [2.75, 3.05) is 61.4 Å². The van der Waals surface area contributed by atoms with Crippen LogP contribution in [0.1, 0.15) is 23.2 Å². The molecule has 0 unspecified atom stereocenters. The number of nitrogens with zero attached hydrogens (tertiary/aromatic N) is 8. The third-order valence-corrected chi connectivity index (χ3v) is 6.99. The van der Waals surface area contributed by atoms with Crippen LogP contribution in [-0.2, 0) is 0 Å². The van der Waals surface area contributed by atoms with E-state index in [1.54, 1.807) is 24.7 Å². The molecular formula is C27H29N9O. The summed E-state index contributed by atoms with van der Waals surface area (Å²) in [5, 5.41) is 3.72. The van der Waals surface area contributed by atoms with Crippen molar-refractivity contribution in [2.24, 2.45) is 0 Å². The number of hydrogen-bond acceptors (Lipinski definition) is 9. The fourth-order valence-electron chi connectivity index (χ4n) is 4.78. The highest BCUT2D eigenvalue weighted by molar-refractivity contribution is 6.04. The first-order chi connectivity index (χ1) is 18.1. The molecule has 10 nitrogen and oxygen atoms in total. The Morgan fingerprint density at radius 1 is 0.838 bits per heavy atom. The number of amides is 1. The number of pyridine rings is 1. The fraction of sp³-hybridized carbons (Fsp3) is 0.333. The molecule has 0 atom stereocenters. The topological polar surface area (TPSA) is 103 Å². The molecule has 2 fully saturated rings. The van der Waals surface area contributed by atoms with Crippen LogP contribution in [0.15, 0.2) is 55.1 Å². The fourth-order valence-corrected chi connectivity index (χ4v) is 4.78. The first-order valence-electron chi connectivity index (χ1n) is 12.7. The Balaban J connectivity index is 1.21. The molecule has 37 heavy (non-hydrogen) atoms. The number of carbonyl (C=O) groups excluding carboxylic acids is 1. The zero-order valence-electron chi connectivity index (χ0n) is 20.8. The van der Waals surface area contributed by atoms with Gasteiger partial charge in [-0.3, -0.25) is 15.1 Å². The van der Waals surface area contributed by atoms with Crippen LogP contribution in [0.5, 0.6) is 0 Å². The number of carbonyl (C=O) groups is 1. The Bertz CT molecular complexity index is 1430. The van der Waals surface area contributed by atoms with E-state index in [2.05, 4.69) is 47.0 Å². The van der Waals surface area contributed by atoms with Gasteiger partial charge in [-0.05, 0) is 38.1 Å². The van der Waals surface area contributed by atoms with Gasteiger partial charge in [-0.2, -0.15) is 0 Å². The first kappa shape index (κ1) is 23.2. The minimum absolute atomic E-state index is 0.254. The SMILES string of the molecule is CN1CCN(c2cc(C(=O)Nc3ncc4ccc(-c5cncc(N6CCCC6)n5)cc4n3)ccn2)CC1. The summed E-state index contributed by atoms with van der Waals surface area (Å²) in [5.74, 6) is 1.70. The van der Waals surface area contributed by atoms with Crippen molar-refractivity contribution in [2.45, 2.75) is 12.8 Å². The summed E-state index contributed by atoms with van der Waals surface area (Å²) in [6.45, 7) is 5.74. The lowest BCUT2D eigenvalue weighted by Crippen LogP contribution is -2.44. The number of fused-ring (bicyclic) bond motifs is 1. The molecule has 3 aromatic heterocycles. The zero-order valence-corrected chi connectivity index (χ0v) is 20.8. The molecule has 10 heteroatoms. The van der Waals surface area contributed by atoms with E-state index in [1.165, 1.54) is 12.8 Å². The molecule has 2 aliphatic rings. The summed E-state index contributed by atoms with van der Waals surface area (Å²) in [6.07, 6.45) is 9.35. The molecule has 0 saturated carbocycles. The smallest absolute Gasteiger partial charge is 0.258 e. The molecule has 6 rings (SSSR count). The number of aromatic nitrogens is 5. The second-order valence-corrected chi connectivity index (χ2v) is 9.57. The summed E-state index contributed by atoms with van der Waals surface area (Å²) in [4.78, 5) is 42.5. The van der Waals surface area contributed by atoms with E-state index in [-0.39, 0.29) is 11.9 Å². The highest BCUT2D eigenvalue weighted by Gasteiger charge is 2.18. The lowest BCUT2D eigenvalue weighted by Gasteiger charge is -2.33. The van der Waals surface area contributed by atoms with Gasteiger partial charge in [0.15, 0.2) is 0 Å². The lowest BCUT2D eigenvalue weighted by molar-refractivity contribution is 0.102. The van der Waals surface area contributed by atoms with Gasteiger partial charge in [0, 0.05) is 68.2 Å². The Labute approximate surface area is 215 Å². The molecule has 1 amide bonds. The Morgan fingerprint density at radius 3 is 2.49 bits per heavy atom. The predicted octanol–water partition coefficient (Wildman–Crippen LogP) is 3.09. The largest absolute Gasteiger partial charge is 0.355 e. The summed E-state index contributed by atoms with van der Waals surface area (Å²) >= 11 is 0. The van der Waals surface area contributed by atoms with Gasteiger partial charge in [-0.15, -0.1) is 0 Å². The number of benzene rings is 1. The predicted molar refractivity (Wildman–Crippen MR) is 144 cm³/mol. The van der Waals surface area contributed by atoms with E-state index < -0.39 is 0 Å². The van der Waals surface area contributed by atoms with Crippen molar-refractivity contribution in [3.8, 4) is 11.3 Å². The maximum absolute atomic E-state index is 13.0. The van der Waals surface area contributed by atoms with Crippen LogP contribution in [0.25, 0.3) is 22.2 Å². The van der Waals surface area contributed by atoms with Crippen molar-refractivity contribution < 1.29 is 4.79 Å². The number of nitrogens with one attached hydrogen (secondary N) is 1. The third-order valence-electron chi connectivity index (χ3n) is 6.99. The van der Waals surface area contributed by atoms with Gasteiger partial charge in [-0.1, -0.05) is 12.1 Å². The van der Waals surface area contributed by atoms with Crippen LogP contribution in [0.3, 0.4) is 0 Å². The Hall–Kier alpha value is -4.18. The molecule has 2 aliphatic heterocycles. The molecule has 0 radical (unpaired) electrons. The van der Waals surface area contributed by atoms with Crippen molar-refractivity contribution >= 4 is 34.4 Å². The second kappa shape index (κ2) is 10.1. The standard InChI is InChI=1S/C27H29N9O/c1-34-10-12-36(13-11-34)24-15-20(6-7-29-24)26(37)33-27-30-16-21-5-4-19(14-22(21)32-27)23-17-28-18-25(31-23)35-8-2-3-9-35/h4-7,14-18H,2-3,8-13H2,1H3,(H,30,32,33,37). The summed E-state index contributed by atoms with van der Waals surface area (Å²) < 4.78 is 0. The highest BCUT2D eigenvalue weighted by atomic mass is 16.1. The van der Waals surface area contributed by atoms with Crippen molar-refractivity contribution in [1.29, 1.82) is 0 Å². The molecule has 1 N–H and O–H groups in total. The van der Waals surface area contributed by atoms with Crippen LogP contribution < -0.4 is 15.1 Å². The van der Waals surface area contributed by atoms with Gasteiger partial charge >= 0.3 is 0 Å². The van der Waals surface area contributed by atoms with Gasteiger partial charge in [0.05, 0.1) is 23.6 Å². The van der Waals surface area contributed by atoms with E-state index >= 15 is 0 Å². The average molecular weight is 496 g/mol. The number of piperazine rings is 1. The van der Waals surface area contributed by atoms with Crippen molar-refractivity contribution in [3.63, 3.8) is 0 Å². The number of hydrogen-bond donors (Lipinski definition) is 1. The summed E-state index contributed by atoms with van der Waals surface area (Å²) in [5.41, 5.74) is 2.96. The van der Waals surface area contributed by atoms with Crippen molar-refractivity contribution in [1.82, 2.24) is 29.8 Å².